The average Bonchev–Trinajstić information content (AvgIpc) is 2.77. The van der Waals surface area contributed by atoms with E-state index >= 15 is 4.39 Å². The van der Waals surface area contributed by atoms with E-state index in [0.717, 1.165) is 6.07 Å². The number of carbonyl (C=O) groups is 2. The van der Waals surface area contributed by atoms with Gasteiger partial charge in [0.15, 0.2) is 6.61 Å². The van der Waals surface area contributed by atoms with Crippen LogP contribution in [-0.4, -0.2) is 40.0 Å². The minimum atomic E-state index is -0.885. The molecule has 184 valence electrons. The van der Waals surface area contributed by atoms with Crippen molar-refractivity contribution in [1.82, 2.24) is 9.47 Å². The lowest BCUT2D eigenvalue weighted by molar-refractivity contribution is -0.138. The number of ether oxygens (including phenoxy) is 1. The first kappa shape index (κ1) is 24.8. The first-order valence-corrected chi connectivity index (χ1v) is 12.3. The number of anilines is 1. The monoisotopic (exact) mass is 497 g/mol. The second-order valence-corrected chi connectivity index (χ2v) is 10.4. The van der Waals surface area contributed by atoms with Crippen molar-refractivity contribution >= 4 is 40.2 Å². The molecule has 3 aromatic rings. The molecule has 1 atom stereocenters. The molecule has 1 aromatic heterocycles. The van der Waals surface area contributed by atoms with Crippen LogP contribution in [0.25, 0.3) is 22.0 Å². The summed E-state index contributed by atoms with van der Waals surface area (Å²) in [7, 11) is 0. The quantitative estimate of drug-likeness (QED) is 0.388. The zero-order valence-corrected chi connectivity index (χ0v) is 21.1. The standard InChI is InChI=1S/C26H28FN3O4S/c1-13(2)29(14(3)4)22(31)12-34-26(33)23-24(32)19-10-20(27)18(16-6-8-17(28)9-7-16)11-21(19)30-15(5)35-25(23)30/h6-11,13-15H,12,28H2,1-5H3. The fourth-order valence-electron chi connectivity index (χ4n) is 4.56. The van der Waals surface area contributed by atoms with Crippen molar-refractivity contribution < 1.29 is 18.7 Å². The van der Waals surface area contributed by atoms with E-state index in [1.807, 2.05) is 39.2 Å². The van der Waals surface area contributed by atoms with E-state index in [2.05, 4.69) is 0 Å². The number of esters is 1. The van der Waals surface area contributed by atoms with Gasteiger partial charge in [-0.25, -0.2) is 9.18 Å². The Labute approximate surface area is 207 Å². The number of hydrogen-bond acceptors (Lipinski definition) is 6. The molecule has 1 amide bonds. The number of benzene rings is 2. The number of rotatable bonds is 6. The molecule has 1 aliphatic heterocycles. The molecule has 1 unspecified atom stereocenters. The number of nitrogen functional groups attached to an aromatic ring is 1. The number of hydrogen-bond donors (Lipinski definition) is 1. The van der Waals surface area contributed by atoms with E-state index in [0.29, 0.717) is 27.4 Å². The molecular weight excluding hydrogens is 469 g/mol. The van der Waals surface area contributed by atoms with Crippen LogP contribution in [0.1, 0.15) is 50.4 Å². The molecule has 0 spiro atoms. The van der Waals surface area contributed by atoms with Crippen molar-refractivity contribution in [3.8, 4) is 11.1 Å². The summed E-state index contributed by atoms with van der Waals surface area (Å²) in [5, 5.41) is 0.470. The maximum Gasteiger partial charge on any atom is 0.345 e. The van der Waals surface area contributed by atoms with Gasteiger partial charge in [-0.2, -0.15) is 0 Å². The summed E-state index contributed by atoms with van der Waals surface area (Å²) in [5.74, 6) is -1.81. The number of halogens is 1. The molecule has 0 radical (unpaired) electrons. The van der Waals surface area contributed by atoms with Gasteiger partial charge in [0.1, 0.15) is 11.4 Å². The second-order valence-electron chi connectivity index (χ2n) is 9.13. The van der Waals surface area contributed by atoms with Gasteiger partial charge in [-0.1, -0.05) is 23.9 Å². The van der Waals surface area contributed by atoms with Gasteiger partial charge < -0.3 is 19.9 Å². The van der Waals surface area contributed by atoms with Crippen LogP contribution in [0.15, 0.2) is 46.2 Å². The van der Waals surface area contributed by atoms with Crippen LogP contribution in [-0.2, 0) is 9.53 Å². The SMILES string of the molecule is CC(C)N(C(=O)COC(=O)c1c2n(c3cc(-c4ccc(N)cc4)c(F)cc3c1=O)C(C)S2)C(C)C. The summed E-state index contributed by atoms with van der Waals surface area (Å²) in [6, 6.07) is 9.45. The van der Waals surface area contributed by atoms with Gasteiger partial charge in [-0.15, -0.1) is 0 Å². The third-order valence-corrected chi connectivity index (χ3v) is 7.22. The summed E-state index contributed by atoms with van der Waals surface area (Å²) >= 11 is 1.35. The number of pyridine rings is 1. The molecule has 2 heterocycles. The lowest BCUT2D eigenvalue weighted by Crippen LogP contribution is -2.44. The Kier molecular flexibility index (Phi) is 6.64. The fourth-order valence-corrected chi connectivity index (χ4v) is 5.71. The molecule has 7 nitrogen and oxygen atoms in total. The topological polar surface area (TPSA) is 94.6 Å². The van der Waals surface area contributed by atoms with E-state index in [9.17, 15) is 14.4 Å². The van der Waals surface area contributed by atoms with E-state index in [4.69, 9.17) is 10.5 Å². The number of nitrogens with two attached hydrogens (primary N) is 1. The summed E-state index contributed by atoms with van der Waals surface area (Å²) in [4.78, 5) is 40.5. The number of aromatic nitrogens is 1. The number of amides is 1. The highest BCUT2D eigenvalue weighted by Crippen LogP contribution is 2.47. The number of nitrogens with zero attached hydrogens (tertiary/aromatic N) is 2. The maximum atomic E-state index is 15.1. The highest BCUT2D eigenvalue weighted by atomic mass is 32.2. The number of thioether (sulfide) groups is 1. The van der Waals surface area contributed by atoms with Gasteiger partial charge in [0.25, 0.3) is 5.91 Å². The zero-order chi connectivity index (χ0) is 25.6. The summed E-state index contributed by atoms with van der Waals surface area (Å²) in [6.07, 6.45) is 0. The van der Waals surface area contributed by atoms with Gasteiger partial charge in [-0.05, 0) is 64.4 Å². The number of fused-ring (bicyclic) bond motifs is 3. The van der Waals surface area contributed by atoms with Crippen LogP contribution < -0.4 is 11.2 Å². The lowest BCUT2D eigenvalue weighted by atomic mass is 10.0. The van der Waals surface area contributed by atoms with Gasteiger partial charge in [0.05, 0.1) is 15.9 Å². The van der Waals surface area contributed by atoms with Gasteiger partial charge in [-0.3, -0.25) is 9.59 Å². The van der Waals surface area contributed by atoms with E-state index in [1.165, 1.54) is 11.8 Å². The number of carbonyl (C=O) groups excluding carboxylic acids is 2. The van der Waals surface area contributed by atoms with Crippen LogP contribution >= 0.6 is 11.8 Å². The van der Waals surface area contributed by atoms with Crippen molar-refractivity contribution in [2.24, 2.45) is 0 Å². The maximum absolute atomic E-state index is 15.1. The smallest absolute Gasteiger partial charge is 0.345 e. The highest BCUT2D eigenvalue weighted by molar-refractivity contribution is 8.00. The Bertz CT molecular complexity index is 1370. The zero-order valence-electron chi connectivity index (χ0n) is 20.3. The Morgan fingerprint density at radius 3 is 2.34 bits per heavy atom. The minimum Gasteiger partial charge on any atom is -0.452 e. The molecule has 35 heavy (non-hydrogen) atoms. The Morgan fingerprint density at radius 2 is 1.77 bits per heavy atom. The van der Waals surface area contributed by atoms with E-state index < -0.39 is 23.8 Å². The molecule has 0 bridgehead atoms. The Balaban J connectivity index is 1.73. The molecule has 2 aromatic carbocycles. The van der Waals surface area contributed by atoms with Crippen molar-refractivity contribution in [3.63, 3.8) is 0 Å². The minimum absolute atomic E-state index is 0.0663. The van der Waals surface area contributed by atoms with Crippen LogP contribution in [0, 0.1) is 5.82 Å². The van der Waals surface area contributed by atoms with Crippen molar-refractivity contribution in [2.45, 2.75) is 57.1 Å². The van der Waals surface area contributed by atoms with Crippen LogP contribution in [0.5, 0.6) is 0 Å². The molecule has 2 N–H and O–H groups in total. The Hall–Kier alpha value is -3.33. The van der Waals surface area contributed by atoms with E-state index in [1.54, 1.807) is 35.2 Å². The largest absolute Gasteiger partial charge is 0.452 e. The lowest BCUT2D eigenvalue weighted by Gasteiger charge is -2.33. The summed E-state index contributed by atoms with van der Waals surface area (Å²) in [6.45, 7) is 8.96. The van der Waals surface area contributed by atoms with Gasteiger partial charge in [0, 0.05) is 28.7 Å². The first-order chi connectivity index (χ1) is 16.5. The highest BCUT2D eigenvalue weighted by Gasteiger charge is 2.34. The molecule has 4 rings (SSSR count). The van der Waals surface area contributed by atoms with Gasteiger partial charge in [0.2, 0.25) is 5.43 Å². The van der Waals surface area contributed by atoms with E-state index in [-0.39, 0.29) is 34.3 Å². The van der Waals surface area contributed by atoms with Gasteiger partial charge >= 0.3 is 5.97 Å². The summed E-state index contributed by atoms with van der Waals surface area (Å²) in [5.41, 5.74) is 7.01. The molecule has 9 heteroatoms. The van der Waals surface area contributed by atoms with Crippen molar-refractivity contribution in [2.75, 3.05) is 12.3 Å². The molecule has 0 fully saturated rings. The predicted octanol–water partition coefficient (Wildman–Crippen LogP) is 4.82. The van der Waals surface area contributed by atoms with Crippen LogP contribution in [0.3, 0.4) is 0 Å². The third-order valence-electron chi connectivity index (χ3n) is 6.05. The Morgan fingerprint density at radius 1 is 1.14 bits per heavy atom. The average molecular weight is 498 g/mol. The third kappa shape index (κ3) is 4.40. The fraction of sp³-hybridized carbons (Fsp3) is 0.346. The summed E-state index contributed by atoms with van der Waals surface area (Å²) < 4.78 is 22.2. The first-order valence-electron chi connectivity index (χ1n) is 11.4. The van der Waals surface area contributed by atoms with Crippen LogP contribution in [0.2, 0.25) is 0 Å². The van der Waals surface area contributed by atoms with Crippen molar-refractivity contribution in [3.05, 3.63) is 58.0 Å². The molecule has 1 aliphatic rings. The second kappa shape index (κ2) is 9.37. The predicted molar refractivity (Wildman–Crippen MR) is 136 cm³/mol. The van der Waals surface area contributed by atoms with Crippen molar-refractivity contribution in [1.29, 1.82) is 0 Å². The normalized spacial score (nSPS) is 14.7. The van der Waals surface area contributed by atoms with Crippen LogP contribution in [0.4, 0.5) is 10.1 Å². The molecular formula is C26H28FN3O4S. The molecule has 0 saturated carbocycles. The molecule has 0 saturated heterocycles. The molecule has 0 aliphatic carbocycles.